The maximum absolute atomic E-state index is 13.9. The monoisotopic (exact) mass is 491 g/mol. The molecule has 0 saturated carbocycles. The van der Waals surface area contributed by atoms with Crippen LogP contribution >= 0.6 is 0 Å². The number of para-hydroxylation sites is 1. The summed E-state index contributed by atoms with van der Waals surface area (Å²) in [5, 5.41) is 0. The summed E-state index contributed by atoms with van der Waals surface area (Å²) in [4.78, 5) is 15.8. The van der Waals surface area contributed by atoms with Crippen molar-refractivity contribution in [2.75, 3.05) is 41.6 Å². The van der Waals surface area contributed by atoms with E-state index in [1.54, 1.807) is 39.5 Å². The molecule has 1 aliphatic rings. The first-order chi connectivity index (χ1) is 17.4. The Morgan fingerprint density at radius 3 is 2.17 bits per heavy atom. The minimum Gasteiger partial charge on any atom is -0.493 e. The summed E-state index contributed by atoms with van der Waals surface area (Å²) in [6, 6.07) is 15.0. The Labute approximate surface area is 212 Å². The summed E-state index contributed by atoms with van der Waals surface area (Å²) in [5.41, 5.74) is 4.75. The summed E-state index contributed by atoms with van der Waals surface area (Å²) in [6.45, 7) is 4.88. The molecule has 0 aliphatic carbocycles. The summed E-state index contributed by atoms with van der Waals surface area (Å²) in [5.74, 6) is 2.82. The first-order valence-electron chi connectivity index (χ1n) is 11.9. The lowest BCUT2D eigenvalue weighted by atomic mass is 9.91. The number of amides is 1. The zero-order valence-electron chi connectivity index (χ0n) is 21.7. The van der Waals surface area contributed by atoms with Crippen LogP contribution in [-0.4, -0.2) is 52.4 Å². The van der Waals surface area contributed by atoms with Gasteiger partial charge in [-0.05, 0) is 78.9 Å². The zero-order valence-corrected chi connectivity index (χ0v) is 21.7. The molecule has 0 spiro atoms. The van der Waals surface area contributed by atoms with Gasteiger partial charge >= 0.3 is 0 Å². The maximum atomic E-state index is 13.9. The maximum Gasteiger partial charge on any atom is 0.258 e. The summed E-state index contributed by atoms with van der Waals surface area (Å²) in [7, 11) is 6.33. The first-order valence-corrected chi connectivity index (χ1v) is 11.9. The van der Waals surface area contributed by atoms with Crippen LogP contribution in [0.3, 0.4) is 0 Å². The molecule has 3 aromatic carbocycles. The van der Waals surface area contributed by atoms with Crippen LogP contribution in [-0.2, 0) is 6.42 Å². The third-order valence-electron chi connectivity index (χ3n) is 6.50. The van der Waals surface area contributed by atoms with Crippen LogP contribution in [0.25, 0.3) is 0 Å². The second-order valence-corrected chi connectivity index (χ2v) is 8.85. The van der Waals surface area contributed by atoms with E-state index >= 15 is 0 Å². The van der Waals surface area contributed by atoms with Crippen molar-refractivity contribution in [3.8, 4) is 28.7 Å². The molecule has 0 fully saturated rings. The van der Waals surface area contributed by atoms with E-state index in [0.717, 1.165) is 28.0 Å². The molecular formula is C29H33NO6. The lowest BCUT2D eigenvalue weighted by molar-refractivity contribution is 0.0585. The smallest absolute Gasteiger partial charge is 0.258 e. The first kappa shape index (κ1) is 25.2. The predicted molar refractivity (Wildman–Crippen MR) is 138 cm³/mol. The van der Waals surface area contributed by atoms with E-state index in [1.807, 2.05) is 43.0 Å². The van der Waals surface area contributed by atoms with Gasteiger partial charge in [-0.2, -0.15) is 0 Å². The van der Waals surface area contributed by atoms with Crippen LogP contribution in [0.2, 0.25) is 0 Å². The van der Waals surface area contributed by atoms with Gasteiger partial charge in [-0.3, -0.25) is 4.79 Å². The molecule has 1 aliphatic heterocycles. The number of methoxy groups -OCH3 is 4. The lowest BCUT2D eigenvalue weighted by Crippen LogP contribution is -2.42. The fourth-order valence-corrected chi connectivity index (χ4v) is 4.85. The van der Waals surface area contributed by atoms with E-state index in [2.05, 4.69) is 6.07 Å². The number of ether oxygens (including phenoxy) is 5. The van der Waals surface area contributed by atoms with Gasteiger partial charge in [-0.25, -0.2) is 0 Å². The summed E-state index contributed by atoms with van der Waals surface area (Å²) >= 11 is 0. The molecule has 3 aromatic rings. The number of aryl methyl sites for hydroxylation is 2. The molecule has 0 unspecified atom stereocenters. The highest BCUT2D eigenvalue weighted by atomic mass is 16.5. The minimum atomic E-state index is -0.349. The van der Waals surface area contributed by atoms with Crippen molar-refractivity contribution >= 4 is 5.91 Å². The molecule has 0 aromatic heterocycles. The third-order valence-corrected chi connectivity index (χ3v) is 6.50. The number of nitrogens with zero attached hydrogens (tertiary/aromatic N) is 1. The van der Waals surface area contributed by atoms with Crippen molar-refractivity contribution in [2.45, 2.75) is 26.3 Å². The van der Waals surface area contributed by atoms with Crippen molar-refractivity contribution in [1.82, 2.24) is 4.90 Å². The lowest BCUT2D eigenvalue weighted by Gasteiger charge is -2.38. The highest BCUT2D eigenvalue weighted by Crippen LogP contribution is 2.40. The number of fused-ring (bicyclic) bond motifs is 1. The molecule has 0 saturated heterocycles. The van der Waals surface area contributed by atoms with Crippen molar-refractivity contribution in [3.63, 3.8) is 0 Å². The summed E-state index contributed by atoms with van der Waals surface area (Å²) in [6.07, 6.45) is 0.674. The number of hydrogen-bond acceptors (Lipinski definition) is 6. The third kappa shape index (κ3) is 4.91. The molecule has 190 valence electrons. The molecule has 4 rings (SSSR count). The van der Waals surface area contributed by atoms with Gasteiger partial charge < -0.3 is 28.6 Å². The minimum absolute atomic E-state index is 0.153. The standard InChI is InChI=1S/C29H33NO6/c1-18-12-19(2)14-21(13-18)36-17-24-23-16-27(34-5)26(33-4)15-20(23)10-11-30(24)29(31)22-8-7-9-25(32-3)28(22)35-6/h7-9,12-16,24H,10-11,17H2,1-6H3/t24-/m1/s1. The van der Waals surface area contributed by atoms with Gasteiger partial charge in [0.25, 0.3) is 5.91 Å². The van der Waals surface area contributed by atoms with E-state index in [4.69, 9.17) is 23.7 Å². The normalized spacial score (nSPS) is 14.6. The van der Waals surface area contributed by atoms with Gasteiger partial charge in [0.2, 0.25) is 0 Å². The Hall–Kier alpha value is -3.87. The van der Waals surface area contributed by atoms with Crippen molar-refractivity contribution in [3.05, 3.63) is 76.3 Å². The molecule has 1 heterocycles. The van der Waals surface area contributed by atoms with E-state index in [1.165, 1.54) is 7.11 Å². The van der Waals surface area contributed by atoms with Crippen LogP contribution < -0.4 is 23.7 Å². The number of benzene rings is 3. The second kappa shape index (κ2) is 10.8. The van der Waals surface area contributed by atoms with Crippen LogP contribution in [0.5, 0.6) is 28.7 Å². The Kier molecular flexibility index (Phi) is 7.58. The Balaban J connectivity index is 1.76. The van der Waals surface area contributed by atoms with Gasteiger partial charge in [0.05, 0.1) is 40.0 Å². The van der Waals surface area contributed by atoms with E-state index in [-0.39, 0.29) is 18.6 Å². The Morgan fingerprint density at radius 1 is 0.861 bits per heavy atom. The predicted octanol–water partition coefficient (Wildman–Crippen LogP) is 5.16. The molecule has 36 heavy (non-hydrogen) atoms. The van der Waals surface area contributed by atoms with Crippen LogP contribution in [0.1, 0.15) is 38.7 Å². The molecule has 7 heteroatoms. The van der Waals surface area contributed by atoms with Crippen molar-refractivity contribution in [2.24, 2.45) is 0 Å². The molecule has 1 amide bonds. The van der Waals surface area contributed by atoms with Crippen molar-refractivity contribution < 1.29 is 28.5 Å². The Bertz CT molecular complexity index is 1230. The van der Waals surface area contributed by atoms with Gasteiger partial charge in [0.15, 0.2) is 23.0 Å². The van der Waals surface area contributed by atoms with Crippen LogP contribution in [0.4, 0.5) is 0 Å². The largest absolute Gasteiger partial charge is 0.493 e. The van der Waals surface area contributed by atoms with Crippen LogP contribution in [0, 0.1) is 13.8 Å². The summed E-state index contributed by atoms with van der Waals surface area (Å²) < 4.78 is 28.4. The highest BCUT2D eigenvalue weighted by molar-refractivity contribution is 5.98. The van der Waals surface area contributed by atoms with Gasteiger partial charge in [0, 0.05) is 6.54 Å². The number of carbonyl (C=O) groups excluding carboxylic acids is 1. The molecule has 0 radical (unpaired) electrons. The average molecular weight is 492 g/mol. The van der Waals surface area contributed by atoms with Gasteiger partial charge in [-0.1, -0.05) is 12.1 Å². The molecular weight excluding hydrogens is 458 g/mol. The SMILES string of the molecule is COc1cc2c(cc1OC)[C@@H](COc1cc(C)cc(C)c1)N(C(=O)c1cccc(OC)c1OC)CC2. The van der Waals surface area contributed by atoms with Crippen LogP contribution in [0.15, 0.2) is 48.5 Å². The fourth-order valence-electron chi connectivity index (χ4n) is 4.85. The average Bonchev–Trinajstić information content (AvgIpc) is 2.89. The number of carbonyl (C=O) groups is 1. The Morgan fingerprint density at radius 2 is 1.53 bits per heavy atom. The fraction of sp³-hybridized carbons (Fsp3) is 0.345. The van der Waals surface area contributed by atoms with E-state index in [9.17, 15) is 4.79 Å². The highest BCUT2D eigenvalue weighted by Gasteiger charge is 2.35. The molecule has 0 bridgehead atoms. The second-order valence-electron chi connectivity index (χ2n) is 8.85. The number of hydrogen-bond donors (Lipinski definition) is 0. The van der Waals surface area contributed by atoms with Gasteiger partial charge in [0.1, 0.15) is 12.4 Å². The molecule has 1 atom stereocenters. The number of rotatable bonds is 8. The van der Waals surface area contributed by atoms with E-state index in [0.29, 0.717) is 41.5 Å². The zero-order chi connectivity index (χ0) is 25.8. The van der Waals surface area contributed by atoms with Crippen molar-refractivity contribution in [1.29, 1.82) is 0 Å². The quantitative estimate of drug-likeness (QED) is 0.434. The molecule has 7 nitrogen and oxygen atoms in total. The molecule has 0 N–H and O–H groups in total. The topological polar surface area (TPSA) is 66.5 Å². The van der Waals surface area contributed by atoms with E-state index < -0.39 is 0 Å². The van der Waals surface area contributed by atoms with Gasteiger partial charge in [-0.15, -0.1) is 0 Å².